The van der Waals surface area contributed by atoms with E-state index in [0.717, 1.165) is 32.5 Å². The van der Waals surface area contributed by atoms with Gasteiger partial charge in [0.15, 0.2) is 0 Å². The molecule has 1 heterocycles. The molecule has 1 fully saturated rings. The Morgan fingerprint density at radius 2 is 2.20 bits per heavy atom. The molecule has 0 radical (unpaired) electrons. The van der Waals surface area contributed by atoms with Crippen LogP contribution in [-0.4, -0.2) is 19.7 Å². The zero-order valence-corrected chi connectivity index (χ0v) is 13.9. The maximum atomic E-state index is 5.88. The van der Waals surface area contributed by atoms with Crippen molar-refractivity contribution in [3.8, 4) is 5.75 Å². The van der Waals surface area contributed by atoms with Crippen LogP contribution in [0.15, 0.2) is 16.6 Å². The second-order valence-corrected chi connectivity index (χ2v) is 7.27. The fraction of sp³-hybridized carbons (Fsp3) is 0.647. The van der Waals surface area contributed by atoms with Gasteiger partial charge in [0.05, 0.1) is 6.61 Å². The molecular weight excluding hydrogens is 314 g/mol. The summed E-state index contributed by atoms with van der Waals surface area (Å²) in [5.74, 6) is 1.18. The summed E-state index contributed by atoms with van der Waals surface area (Å²) < 4.78 is 7.09. The van der Waals surface area contributed by atoms with Crippen LogP contribution in [0.3, 0.4) is 0 Å². The highest BCUT2D eigenvalue weighted by Crippen LogP contribution is 2.46. The molecule has 1 aliphatic heterocycles. The Balaban J connectivity index is 1.76. The normalized spacial score (nSPS) is 19.3. The lowest BCUT2D eigenvalue weighted by Crippen LogP contribution is -2.42. The van der Waals surface area contributed by atoms with Gasteiger partial charge in [0.25, 0.3) is 0 Å². The van der Waals surface area contributed by atoms with Gasteiger partial charge >= 0.3 is 0 Å². The van der Waals surface area contributed by atoms with Gasteiger partial charge in [-0.05, 0) is 60.9 Å². The third kappa shape index (κ3) is 2.89. The summed E-state index contributed by atoms with van der Waals surface area (Å²) in [4.78, 5) is 0. The number of fused-ring (bicyclic) bond motifs is 1. The number of benzene rings is 1. The number of rotatable bonds is 6. The number of hydrogen-bond donors (Lipinski definition) is 1. The molecule has 0 unspecified atom stereocenters. The van der Waals surface area contributed by atoms with Gasteiger partial charge in [-0.25, -0.2) is 0 Å². The van der Waals surface area contributed by atoms with Crippen LogP contribution < -0.4 is 10.1 Å². The Kier molecular flexibility index (Phi) is 4.37. The van der Waals surface area contributed by atoms with Gasteiger partial charge in [-0.15, -0.1) is 0 Å². The van der Waals surface area contributed by atoms with Gasteiger partial charge in [0, 0.05) is 17.4 Å². The molecule has 2 nitrogen and oxygen atoms in total. The summed E-state index contributed by atoms with van der Waals surface area (Å²) in [6.07, 6.45) is 7.51. The van der Waals surface area contributed by atoms with Gasteiger partial charge in [-0.1, -0.05) is 29.3 Å². The van der Waals surface area contributed by atoms with Gasteiger partial charge in [-0.2, -0.15) is 0 Å². The molecule has 0 bridgehead atoms. The second-order valence-electron chi connectivity index (χ2n) is 6.36. The van der Waals surface area contributed by atoms with E-state index >= 15 is 0 Å². The molecule has 1 aromatic rings. The molecule has 0 atom stereocenters. The van der Waals surface area contributed by atoms with E-state index in [-0.39, 0.29) is 0 Å². The first-order valence-electron chi connectivity index (χ1n) is 7.87. The molecule has 1 saturated carbocycles. The minimum atomic E-state index is 0.468. The van der Waals surface area contributed by atoms with E-state index in [4.69, 9.17) is 4.74 Å². The van der Waals surface area contributed by atoms with Crippen molar-refractivity contribution in [3.63, 3.8) is 0 Å². The molecule has 1 N–H and O–H groups in total. The topological polar surface area (TPSA) is 21.3 Å². The Morgan fingerprint density at radius 3 is 2.90 bits per heavy atom. The Morgan fingerprint density at radius 1 is 1.35 bits per heavy atom. The van der Waals surface area contributed by atoms with Crippen LogP contribution in [0, 0.1) is 5.41 Å². The van der Waals surface area contributed by atoms with Crippen molar-refractivity contribution in [1.82, 2.24) is 5.32 Å². The van der Waals surface area contributed by atoms with Gasteiger partial charge in [-0.3, -0.25) is 0 Å². The maximum absolute atomic E-state index is 5.88. The zero-order chi connectivity index (χ0) is 14.0. The van der Waals surface area contributed by atoms with Crippen LogP contribution in [0.5, 0.6) is 5.75 Å². The lowest BCUT2D eigenvalue weighted by molar-refractivity contribution is 0.129. The van der Waals surface area contributed by atoms with E-state index < -0.39 is 0 Å². The smallest absolute Gasteiger partial charge is 0.125 e. The second kappa shape index (κ2) is 6.07. The van der Waals surface area contributed by atoms with Crippen LogP contribution >= 0.6 is 15.9 Å². The molecule has 0 amide bonds. The van der Waals surface area contributed by atoms with Crippen molar-refractivity contribution in [2.24, 2.45) is 5.41 Å². The van der Waals surface area contributed by atoms with Crippen molar-refractivity contribution in [1.29, 1.82) is 0 Å². The van der Waals surface area contributed by atoms with Crippen LogP contribution in [0.2, 0.25) is 0 Å². The minimum Gasteiger partial charge on any atom is -0.493 e. The van der Waals surface area contributed by atoms with E-state index in [0.29, 0.717) is 5.41 Å². The predicted molar refractivity (Wildman–Crippen MR) is 86.5 cm³/mol. The van der Waals surface area contributed by atoms with Crippen LogP contribution in [-0.2, 0) is 12.8 Å². The summed E-state index contributed by atoms with van der Waals surface area (Å²) in [6.45, 7) is 5.37. The molecule has 0 spiro atoms. The fourth-order valence-corrected chi connectivity index (χ4v) is 4.06. The molecule has 2 aliphatic rings. The van der Waals surface area contributed by atoms with Crippen molar-refractivity contribution in [3.05, 3.63) is 27.7 Å². The third-order valence-corrected chi connectivity index (χ3v) is 5.19. The average molecular weight is 338 g/mol. The first-order chi connectivity index (χ1) is 9.72. The van der Waals surface area contributed by atoms with Crippen LogP contribution in [0.1, 0.15) is 43.7 Å². The van der Waals surface area contributed by atoms with E-state index in [2.05, 4.69) is 40.3 Å². The van der Waals surface area contributed by atoms with Crippen molar-refractivity contribution >= 4 is 15.9 Å². The van der Waals surface area contributed by atoms with E-state index in [9.17, 15) is 0 Å². The number of halogens is 1. The van der Waals surface area contributed by atoms with Crippen molar-refractivity contribution in [2.45, 2.75) is 45.4 Å². The molecule has 20 heavy (non-hydrogen) atoms. The molecule has 0 saturated heterocycles. The molecular formula is C17H24BrNO. The minimum absolute atomic E-state index is 0.468. The monoisotopic (exact) mass is 337 g/mol. The van der Waals surface area contributed by atoms with Gasteiger partial charge in [0.1, 0.15) is 5.75 Å². The number of ether oxygens (including phenoxy) is 1. The average Bonchev–Trinajstić information content (AvgIpc) is 2.83. The highest BCUT2D eigenvalue weighted by molar-refractivity contribution is 9.10. The lowest BCUT2D eigenvalue weighted by Gasteiger charge is -2.42. The van der Waals surface area contributed by atoms with E-state index in [1.165, 1.54) is 47.0 Å². The lowest BCUT2D eigenvalue weighted by atomic mass is 9.65. The predicted octanol–water partition coefficient (Wildman–Crippen LogP) is 4.10. The summed E-state index contributed by atoms with van der Waals surface area (Å²) >= 11 is 3.66. The molecule has 1 aliphatic carbocycles. The first kappa shape index (κ1) is 14.4. The largest absolute Gasteiger partial charge is 0.493 e. The summed E-state index contributed by atoms with van der Waals surface area (Å²) in [6, 6.07) is 4.48. The van der Waals surface area contributed by atoms with Crippen LogP contribution in [0.25, 0.3) is 0 Å². The summed E-state index contributed by atoms with van der Waals surface area (Å²) in [7, 11) is 0. The molecule has 1 aromatic carbocycles. The van der Waals surface area contributed by atoms with E-state index in [1.807, 2.05) is 0 Å². The highest BCUT2D eigenvalue weighted by atomic mass is 79.9. The maximum Gasteiger partial charge on any atom is 0.125 e. The summed E-state index contributed by atoms with van der Waals surface area (Å²) in [5.41, 5.74) is 3.26. The zero-order valence-electron chi connectivity index (χ0n) is 12.3. The first-order valence-corrected chi connectivity index (χ1v) is 8.67. The summed E-state index contributed by atoms with van der Waals surface area (Å²) in [5, 5.41) is 3.63. The molecule has 3 rings (SSSR count). The Labute approximate surface area is 130 Å². The highest BCUT2D eigenvalue weighted by Gasteiger charge is 2.37. The molecule has 3 heteroatoms. The standard InChI is InChI=1S/C17H24BrNO/c1-2-7-19-12-17(5-3-6-17)11-14-10-15(18)9-13-4-8-20-16(13)14/h9-10,19H,2-8,11-12H2,1H3. The fourth-order valence-electron chi connectivity index (χ4n) is 3.50. The Hall–Kier alpha value is -0.540. The quantitative estimate of drug-likeness (QED) is 0.789. The van der Waals surface area contributed by atoms with Gasteiger partial charge in [0.2, 0.25) is 0 Å². The number of nitrogens with one attached hydrogen (secondary N) is 1. The van der Waals surface area contributed by atoms with Crippen molar-refractivity contribution < 1.29 is 4.74 Å². The molecule has 110 valence electrons. The molecule has 0 aromatic heterocycles. The van der Waals surface area contributed by atoms with Crippen molar-refractivity contribution in [2.75, 3.05) is 19.7 Å². The SMILES string of the molecule is CCCNCC1(Cc2cc(Br)cc3c2OCC3)CCC1. The van der Waals surface area contributed by atoms with Crippen LogP contribution in [0.4, 0.5) is 0 Å². The third-order valence-electron chi connectivity index (χ3n) is 4.73. The number of hydrogen-bond acceptors (Lipinski definition) is 2. The van der Waals surface area contributed by atoms with Gasteiger partial charge < -0.3 is 10.1 Å². The Bertz CT molecular complexity index is 482. The van der Waals surface area contributed by atoms with E-state index in [1.54, 1.807) is 0 Å².